The predicted molar refractivity (Wildman–Crippen MR) is 87.0 cm³/mol. The first-order valence-corrected chi connectivity index (χ1v) is 7.52. The van der Waals surface area contributed by atoms with Gasteiger partial charge in [-0.1, -0.05) is 59.7 Å². The van der Waals surface area contributed by atoms with E-state index in [0.717, 1.165) is 0 Å². The van der Waals surface area contributed by atoms with Crippen molar-refractivity contribution in [3.05, 3.63) is 70.8 Å². The van der Waals surface area contributed by atoms with Gasteiger partial charge in [0.25, 0.3) is 0 Å². The molecule has 104 valence electrons. The van der Waals surface area contributed by atoms with E-state index >= 15 is 0 Å². The Kier molecular flexibility index (Phi) is 2.78. The summed E-state index contributed by atoms with van der Waals surface area (Å²) in [4.78, 5) is 0. The van der Waals surface area contributed by atoms with Gasteiger partial charge in [0.15, 0.2) is 0 Å². The van der Waals surface area contributed by atoms with Gasteiger partial charge in [0, 0.05) is 11.8 Å². The topological polar surface area (TPSA) is 24.7 Å². The summed E-state index contributed by atoms with van der Waals surface area (Å²) in [6, 6.07) is 17.2. The Morgan fingerprint density at radius 1 is 0.762 bits per heavy atom. The maximum atomic E-state index is 4.56. The Morgan fingerprint density at radius 3 is 1.67 bits per heavy atom. The van der Waals surface area contributed by atoms with Crippen LogP contribution in [0.2, 0.25) is 0 Å². The minimum absolute atomic E-state index is 0.555. The van der Waals surface area contributed by atoms with Crippen LogP contribution in [-0.4, -0.2) is 11.4 Å². The van der Waals surface area contributed by atoms with E-state index < -0.39 is 0 Å². The molecule has 0 saturated heterocycles. The summed E-state index contributed by atoms with van der Waals surface area (Å²) in [5, 5.41) is 9.11. The molecule has 0 unspecified atom stereocenters. The fourth-order valence-corrected chi connectivity index (χ4v) is 3.21. The molecule has 0 radical (unpaired) electrons. The molecule has 4 rings (SSSR count). The lowest BCUT2D eigenvalue weighted by molar-refractivity contribution is 0.998. The van der Waals surface area contributed by atoms with E-state index in [1.54, 1.807) is 0 Å². The molecule has 2 heteroatoms. The molecule has 2 atom stereocenters. The average Bonchev–Trinajstić information content (AvgIpc) is 3.26. The van der Waals surface area contributed by atoms with Crippen LogP contribution in [-0.2, 0) is 0 Å². The first-order valence-electron chi connectivity index (χ1n) is 7.52. The number of nitrogens with zero attached hydrogens (tertiary/aromatic N) is 2. The van der Waals surface area contributed by atoms with E-state index in [0.29, 0.717) is 11.8 Å². The van der Waals surface area contributed by atoms with E-state index in [1.807, 2.05) is 0 Å². The molecule has 1 aliphatic carbocycles. The molecule has 0 spiro atoms. The molecule has 21 heavy (non-hydrogen) atoms. The zero-order valence-electron chi connectivity index (χ0n) is 12.4. The number of benzene rings is 2. The third kappa shape index (κ3) is 2.21. The summed E-state index contributed by atoms with van der Waals surface area (Å²) in [7, 11) is 0. The summed E-state index contributed by atoms with van der Waals surface area (Å²) in [5.41, 5.74) is 7.35. The van der Waals surface area contributed by atoms with Gasteiger partial charge in [-0.05, 0) is 31.4 Å². The number of hydrogen-bond donors (Lipinski definition) is 0. The van der Waals surface area contributed by atoms with Crippen molar-refractivity contribution in [2.24, 2.45) is 22.0 Å². The Hall–Kier alpha value is -2.22. The fraction of sp³-hybridized carbons (Fsp3) is 0.263. The SMILES string of the molecule is Cc1cccc(C2=NN=C(c3cccc(C)c3)[C@@H]3C[C@H]23)c1. The highest BCUT2D eigenvalue weighted by Crippen LogP contribution is 2.46. The van der Waals surface area contributed by atoms with Crippen molar-refractivity contribution in [1.82, 2.24) is 0 Å². The van der Waals surface area contributed by atoms with Gasteiger partial charge in [-0.15, -0.1) is 0 Å². The average molecular weight is 274 g/mol. The summed E-state index contributed by atoms with van der Waals surface area (Å²) in [6.45, 7) is 4.25. The predicted octanol–water partition coefficient (Wildman–Crippen LogP) is 4.15. The minimum Gasteiger partial charge on any atom is -0.154 e. The van der Waals surface area contributed by atoms with Crippen molar-refractivity contribution in [2.75, 3.05) is 0 Å². The van der Waals surface area contributed by atoms with Gasteiger partial charge in [0.1, 0.15) is 0 Å². The lowest BCUT2D eigenvalue weighted by Gasteiger charge is -2.13. The van der Waals surface area contributed by atoms with Crippen LogP contribution < -0.4 is 0 Å². The first-order chi connectivity index (χ1) is 10.2. The maximum Gasteiger partial charge on any atom is 0.0740 e. The van der Waals surface area contributed by atoms with Crippen molar-refractivity contribution < 1.29 is 0 Å². The Bertz CT molecular complexity index is 705. The number of fused-ring (bicyclic) bond motifs is 1. The molecule has 1 saturated carbocycles. The third-order valence-corrected chi connectivity index (χ3v) is 4.39. The van der Waals surface area contributed by atoms with Gasteiger partial charge < -0.3 is 0 Å². The minimum atomic E-state index is 0.555. The van der Waals surface area contributed by atoms with Crippen LogP contribution in [0, 0.1) is 25.7 Å². The molecule has 1 heterocycles. The lowest BCUT2D eigenvalue weighted by Crippen LogP contribution is -2.15. The van der Waals surface area contributed by atoms with E-state index in [4.69, 9.17) is 0 Å². The molecule has 2 aromatic rings. The van der Waals surface area contributed by atoms with E-state index in [-0.39, 0.29) is 0 Å². The van der Waals surface area contributed by atoms with Gasteiger partial charge in [-0.25, -0.2) is 0 Å². The monoisotopic (exact) mass is 274 g/mol. The number of aryl methyl sites for hydroxylation is 2. The molecule has 2 aromatic carbocycles. The van der Waals surface area contributed by atoms with Crippen molar-refractivity contribution in [3.8, 4) is 0 Å². The molecule has 0 aromatic heterocycles. The molecular formula is C19H18N2. The van der Waals surface area contributed by atoms with Crippen molar-refractivity contribution in [3.63, 3.8) is 0 Å². The van der Waals surface area contributed by atoms with Gasteiger partial charge in [0.2, 0.25) is 0 Å². The second-order valence-corrected chi connectivity index (χ2v) is 6.16. The normalized spacial score (nSPS) is 23.1. The highest BCUT2D eigenvalue weighted by atomic mass is 15.2. The van der Waals surface area contributed by atoms with Gasteiger partial charge in [-0.3, -0.25) is 0 Å². The third-order valence-electron chi connectivity index (χ3n) is 4.39. The quantitative estimate of drug-likeness (QED) is 0.786. The number of hydrogen-bond acceptors (Lipinski definition) is 2. The summed E-state index contributed by atoms with van der Waals surface area (Å²) in [5.74, 6) is 1.11. The molecule has 0 N–H and O–H groups in total. The summed E-state index contributed by atoms with van der Waals surface area (Å²) >= 11 is 0. The van der Waals surface area contributed by atoms with Crippen LogP contribution in [0.5, 0.6) is 0 Å². The van der Waals surface area contributed by atoms with Crippen LogP contribution in [0.25, 0.3) is 0 Å². The van der Waals surface area contributed by atoms with Crippen LogP contribution in [0.1, 0.15) is 28.7 Å². The molecule has 1 fully saturated rings. The second-order valence-electron chi connectivity index (χ2n) is 6.16. The summed E-state index contributed by atoms with van der Waals surface area (Å²) in [6.07, 6.45) is 1.18. The Labute approximate surface area is 125 Å². The fourth-order valence-electron chi connectivity index (χ4n) is 3.21. The largest absolute Gasteiger partial charge is 0.154 e. The molecule has 2 nitrogen and oxygen atoms in total. The molecule has 0 amide bonds. The van der Waals surface area contributed by atoms with Crippen LogP contribution in [0.15, 0.2) is 58.7 Å². The van der Waals surface area contributed by atoms with Crippen LogP contribution in [0.4, 0.5) is 0 Å². The zero-order valence-corrected chi connectivity index (χ0v) is 12.4. The van der Waals surface area contributed by atoms with Gasteiger partial charge >= 0.3 is 0 Å². The van der Waals surface area contributed by atoms with E-state index in [9.17, 15) is 0 Å². The molecular weight excluding hydrogens is 256 g/mol. The standard InChI is InChI=1S/C19H18N2/c1-12-5-3-7-14(9-12)18-16-11-17(16)19(21-20-18)15-8-4-6-13(2)10-15/h3-10,16-17H,11H2,1-2H3/t16-,17+. The van der Waals surface area contributed by atoms with Crippen molar-refractivity contribution in [1.29, 1.82) is 0 Å². The zero-order chi connectivity index (χ0) is 14.4. The van der Waals surface area contributed by atoms with Crippen LogP contribution in [0.3, 0.4) is 0 Å². The highest BCUT2D eigenvalue weighted by Gasteiger charge is 2.47. The number of rotatable bonds is 2. The van der Waals surface area contributed by atoms with E-state index in [1.165, 1.54) is 40.1 Å². The lowest BCUT2D eigenvalue weighted by atomic mass is 9.98. The van der Waals surface area contributed by atoms with Crippen molar-refractivity contribution in [2.45, 2.75) is 20.3 Å². The van der Waals surface area contributed by atoms with Gasteiger partial charge in [-0.2, -0.15) is 10.2 Å². The summed E-state index contributed by atoms with van der Waals surface area (Å²) < 4.78 is 0. The molecule has 0 bridgehead atoms. The Morgan fingerprint density at radius 2 is 1.24 bits per heavy atom. The van der Waals surface area contributed by atoms with Gasteiger partial charge in [0.05, 0.1) is 11.4 Å². The smallest absolute Gasteiger partial charge is 0.0740 e. The second kappa shape index (κ2) is 4.66. The highest BCUT2D eigenvalue weighted by molar-refractivity contribution is 6.14. The first kappa shape index (κ1) is 12.5. The molecule has 1 aliphatic heterocycles. The molecule has 2 aliphatic rings. The Balaban J connectivity index is 1.72. The van der Waals surface area contributed by atoms with Crippen LogP contribution >= 0.6 is 0 Å². The van der Waals surface area contributed by atoms with E-state index in [2.05, 4.69) is 72.6 Å². The maximum absolute atomic E-state index is 4.56. The van der Waals surface area contributed by atoms with Crippen molar-refractivity contribution >= 4 is 11.4 Å².